The first-order valence-corrected chi connectivity index (χ1v) is 5.03. The third-order valence-electron chi connectivity index (χ3n) is 2.00. The number of benzene rings is 1. The van der Waals surface area contributed by atoms with E-state index in [1.165, 1.54) is 0 Å². The number of fused-ring (bicyclic) bond motifs is 1. The monoisotopic (exact) mass is 193 g/mol. The zero-order valence-electron chi connectivity index (χ0n) is 7.61. The van der Waals surface area contributed by atoms with Crippen LogP contribution in [-0.2, 0) is 0 Å². The second-order valence-corrected chi connectivity index (χ2v) is 4.37. The summed E-state index contributed by atoms with van der Waals surface area (Å²) in [6, 6.07) is 5.89. The molecule has 0 aliphatic carbocycles. The molecule has 0 aliphatic rings. The molecule has 1 heterocycles. The third-order valence-corrected chi connectivity index (χ3v) is 2.94. The fourth-order valence-corrected chi connectivity index (χ4v) is 2.19. The SMILES string of the molecule is Cc1nc2ccc(C(C)O)cc2s1. The van der Waals surface area contributed by atoms with Crippen molar-refractivity contribution >= 4 is 21.6 Å². The number of thiazole rings is 1. The highest BCUT2D eigenvalue weighted by Gasteiger charge is 2.04. The van der Waals surface area contributed by atoms with Crippen molar-refractivity contribution in [1.82, 2.24) is 4.98 Å². The average Bonchev–Trinajstić information content (AvgIpc) is 2.42. The van der Waals surface area contributed by atoms with Gasteiger partial charge in [-0.1, -0.05) is 6.07 Å². The fourth-order valence-electron chi connectivity index (χ4n) is 1.32. The molecule has 1 aromatic heterocycles. The number of nitrogens with zero attached hydrogens (tertiary/aromatic N) is 1. The van der Waals surface area contributed by atoms with Gasteiger partial charge in [0.05, 0.1) is 21.3 Å². The topological polar surface area (TPSA) is 33.1 Å². The summed E-state index contributed by atoms with van der Waals surface area (Å²) in [5, 5.41) is 10.4. The van der Waals surface area contributed by atoms with Crippen LogP contribution in [0.3, 0.4) is 0 Å². The quantitative estimate of drug-likeness (QED) is 0.755. The van der Waals surface area contributed by atoms with Crippen molar-refractivity contribution in [2.45, 2.75) is 20.0 Å². The van der Waals surface area contributed by atoms with Gasteiger partial charge >= 0.3 is 0 Å². The molecule has 2 rings (SSSR count). The minimum absolute atomic E-state index is 0.396. The summed E-state index contributed by atoms with van der Waals surface area (Å²) < 4.78 is 1.15. The summed E-state index contributed by atoms with van der Waals surface area (Å²) in [6.45, 7) is 3.77. The Labute approximate surface area is 80.9 Å². The Morgan fingerprint density at radius 3 is 2.92 bits per heavy atom. The average molecular weight is 193 g/mol. The van der Waals surface area contributed by atoms with Crippen molar-refractivity contribution in [1.29, 1.82) is 0 Å². The van der Waals surface area contributed by atoms with Crippen LogP contribution in [0.5, 0.6) is 0 Å². The highest BCUT2D eigenvalue weighted by atomic mass is 32.1. The molecule has 0 fully saturated rings. The Kier molecular flexibility index (Phi) is 2.06. The van der Waals surface area contributed by atoms with Crippen LogP contribution in [0.4, 0.5) is 0 Å². The van der Waals surface area contributed by atoms with Gasteiger partial charge in [-0.2, -0.15) is 0 Å². The van der Waals surface area contributed by atoms with Crippen molar-refractivity contribution in [3.63, 3.8) is 0 Å². The molecule has 0 amide bonds. The highest BCUT2D eigenvalue weighted by Crippen LogP contribution is 2.24. The van der Waals surface area contributed by atoms with Gasteiger partial charge in [0.25, 0.3) is 0 Å². The lowest BCUT2D eigenvalue weighted by molar-refractivity contribution is 0.199. The van der Waals surface area contributed by atoms with Gasteiger partial charge < -0.3 is 5.11 Å². The van der Waals surface area contributed by atoms with E-state index < -0.39 is 6.10 Å². The van der Waals surface area contributed by atoms with E-state index in [0.717, 1.165) is 20.8 Å². The van der Waals surface area contributed by atoms with Crippen LogP contribution in [0, 0.1) is 6.92 Å². The van der Waals surface area contributed by atoms with E-state index in [0.29, 0.717) is 0 Å². The van der Waals surface area contributed by atoms with Crippen LogP contribution in [0.2, 0.25) is 0 Å². The molecule has 0 saturated heterocycles. The summed E-state index contributed by atoms with van der Waals surface area (Å²) in [7, 11) is 0. The van der Waals surface area contributed by atoms with Gasteiger partial charge in [0.15, 0.2) is 0 Å². The standard InChI is InChI=1S/C10H11NOS/c1-6(12)8-3-4-9-10(5-8)13-7(2)11-9/h3-6,12H,1-2H3. The number of aromatic nitrogens is 1. The number of hydrogen-bond acceptors (Lipinski definition) is 3. The largest absolute Gasteiger partial charge is 0.389 e. The Bertz CT molecular complexity index is 433. The molecule has 0 bridgehead atoms. The lowest BCUT2D eigenvalue weighted by atomic mass is 10.1. The Morgan fingerprint density at radius 2 is 2.23 bits per heavy atom. The minimum Gasteiger partial charge on any atom is -0.389 e. The summed E-state index contributed by atoms with van der Waals surface area (Å²) in [5.74, 6) is 0. The number of hydrogen-bond donors (Lipinski definition) is 1. The molecule has 0 saturated carbocycles. The normalized spacial score (nSPS) is 13.5. The lowest BCUT2D eigenvalue weighted by Crippen LogP contribution is -1.88. The molecule has 0 spiro atoms. The van der Waals surface area contributed by atoms with E-state index in [1.54, 1.807) is 18.3 Å². The van der Waals surface area contributed by atoms with Gasteiger partial charge in [-0.05, 0) is 31.5 Å². The van der Waals surface area contributed by atoms with E-state index in [-0.39, 0.29) is 0 Å². The van der Waals surface area contributed by atoms with Crippen molar-refractivity contribution in [3.05, 3.63) is 28.8 Å². The van der Waals surface area contributed by atoms with Gasteiger partial charge in [0.1, 0.15) is 0 Å². The van der Waals surface area contributed by atoms with Crippen molar-refractivity contribution in [3.8, 4) is 0 Å². The molecule has 1 aromatic carbocycles. The molecular weight excluding hydrogens is 182 g/mol. The van der Waals surface area contributed by atoms with E-state index in [2.05, 4.69) is 4.98 Å². The zero-order valence-corrected chi connectivity index (χ0v) is 8.43. The van der Waals surface area contributed by atoms with E-state index in [4.69, 9.17) is 0 Å². The van der Waals surface area contributed by atoms with E-state index >= 15 is 0 Å². The Hall–Kier alpha value is -0.930. The molecule has 1 unspecified atom stereocenters. The van der Waals surface area contributed by atoms with Crippen LogP contribution in [0.1, 0.15) is 23.6 Å². The molecule has 3 heteroatoms. The minimum atomic E-state index is -0.396. The second kappa shape index (κ2) is 3.09. The smallest absolute Gasteiger partial charge is 0.0907 e. The molecule has 2 aromatic rings. The highest BCUT2D eigenvalue weighted by molar-refractivity contribution is 7.18. The maximum absolute atomic E-state index is 9.37. The molecule has 2 nitrogen and oxygen atoms in total. The molecule has 0 radical (unpaired) electrons. The number of aliphatic hydroxyl groups is 1. The molecule has 1 atom stereocenters. The Balaban J connectivity index is 2.61. The van der Waals surface area contributed by atoms with Crippen LogP contribution < -0.4 is 0 Å². The summed E-state index contributed by atoms with van der Waals surface area (Å²) in [4.78, 5) is 4.35. The zero-order chi connectivity index (χ0) is 9.42. The van der Waals surface area contributed by atoms with Gasteiger partial charge in [0, 0.05) is 0 Å². The first-order chi connectivity index (χ1) is 6.16. The fraction of sp³-hybridized carbons (Fsp3) is 0.300. The van der Waals surface area contributed by atoms with Crippen LogP contribution in [-0.4, -0.2) is 10.1 Å². The van der Waals surface area contributed by atoms with Gasteiger partial charge in [-0.25, -0.2) is 4.98 Å². The second-order valence-electron chi connectivity index (χ2n) is 3.14. The van der Waals surface area contributed by atoms with Crippen LogP contribution >= 0.6 is 11.3 Å². The predicted octanol–water partition coefficient (Wildman–Crippen LogP) is 2.66. The third kappa shape index (κ3) is 1.57. The number of rotatable bonds is 1. The van der Waals surface area contributed by atoms with E-state index in [9.17, 15) is 5.11 Å². The van der Waals surface area contributed by atoms with Gasteiger partial charge in [-0.3, -0.25) is 0 Å². The van der Waals surface area contributed by atoms with Crippen molar-refractivity contribution in [2.75, 3.05) is 0 Å². The number of aryl methyl sites for hydroxylation is 1. The first kappa shape index (κ1) is 8.66. The molecule has 13 heavy (non-hydrogen) atoms. The van der Waals surface area contributed by atoms with Crippen molar-refractivity contribution < 1.29 is 5.11 Å². The van der Waals surface area contributed by atoms with Crippen molar-refractivity contribution in [2.24, 2.45) is 0 Å². The van der Waals surface area contributed by atoms with E-state index in [1.807, 2.05) is 25.1 Å². The maximum Gasteiger partial charge on any atom is 0.0907 e. The Morgan fingerprint density at radius 1 is 1.46 bits per heavy atom. The molecular formula is C10H11NOS. The lowest BCUT2D eigenvalue weighted by Gasteiger charge is -2.02. The summed E-state index contributed by atoms with van der Waals surface area (Å²) >= 11 is 1.66. The molecule has 0 aliphatic heterocycles. The summed E-state index contributed by atoms with van der Waals surface area (Å²) in [5.41, 5.74) is 1.98. The molecule has 1 N–H and O–H groups in total. The summed E-state index contributed by atoms with van der Waals surface area (Å²) in [6.07, 6.45) is -0.396. The molecule has 68 valence electrons. The number of aliphatic hydroxyl groups excluding tert-OH is 1. The first-order valence-electron chi connectivity index (χ1n) is 4.22. The maximum atomic E-state index is 9.37. The van der Waals surface area contributed by atoms with Gasteiger partial charge in [-0.15, -0.1) is 11.3 Å². The van der Waals surface area contributed by atoms with Gasteiger partial charge in [0.2, 0.25) is 0 Å². The van der Waals surface area contributed by atoms with Crippen LogP contribution in [0.25, 0.3) is 10.2 Å². The van der Waals surface area contributed by atoms with Crippen LogP contribution in [0.15, 0.2) is 18.2 Å². The predicted molar refractivity (Wildman–Crippen MR) is 55.0 cm³/mol.